The topological polar surface area (TPSA) is 29.5 Å². The van der Waals surface area contributed by atoms with E-state index >= 15 is 0 Å². The van der Waals surface area contributed by atoms with Crippen molar-refractivity contribution >= 4 is 5.91 Å². The van der Waals surface area contributed by atoms with Crippen LogP contribution >= 0.6 is 0 Å². The highest BCUT2D eigenvalue weighted by atomic mass is 16.5. The van der Waals surface area contributed by atoms with Gasteiger partial charge < -0.3 is 9.64 Å². The van der Waals surface area contributed by atoms with Crippen LogP contribution in [0.1, 0.15) is 64.2 Å². The van der Waals surface area contributed by atoms with E-state index in [9.17, 15) is 4.79 Å². The molecule has 2 aliphatic rings. The molecule has 2 fully saturated rings. The van der Waals surface area contributed by atoms with Gasteiger partial charge in [0.25, 0.3) is 5.91 Å². The van der Waals surface area contributed by atoms with Gasteiger partial charge >= 0.3 is 0 Å². The SMILES string of the molecule is O=C(COc1ccccc1)N(C1CCCCC1)C1CCCCC1. The fourth-order valence-electron chi connectivity index (χ4n) is 4.16. The van der Waals surface area contributed by atoms with Crippen LogP contribution in [0.5, 0.6) is 5.75 Å². The average molecular weight is 315 g/mol. The first-order valence-corrected chi connectivity index (χ1v) is 9.33. The monoisotopic (exact) mass is 315 g/mol. The second-order valence-corrected chi connectivity index (χ2v) is 6.99. The molecular formula is C20H29NO2. The van der Waals surface area contributed by atoms with Crippen molar-refractivity contribution in [1.29, 1.82) is 0 Å². The Hall–Kier alpha value is -1.51. The third-order valence-corrected chi connectivity index (χ3v) is 5.33. The molecule has 126 valence electrons. The van der Waals surface area contributed by atoms with E-state index in [4.69, 9.17) is 4.74 Å². The first kappa shape index (κ1) is 16.4. The quantitative estimate of drug-likeness (QED) is 0.797. The van der Waals surface area contributed by atoms with E-state index in [-0.39, 0.29) is 12.5 Å². The van der Waals surface area contributed by atoms with E-state index < -0.39 is 0 Å². The second-order valence-electron chi connectivity index (χ2n) is 6.99. The molecule has 0 N–H and O–H groups in total. The lowest BCUT2D eigenvalue weighted by Gasteiger charge is -2.41. The Labute approximate surface area is 140 Å². The molecule has 0 saturated heterocycles. The predicted molar refractivity (Wildman–Crippen MR) is 92.5 cm³/mol. The number of carbonyl (C=O) groups is 1. The van der Waals surface area contributed by atoms with E-state index in [2.05, 4.69) is 4.90 Å². The highest BCUT2D eigenvalue weighted by molar-refractivity contribution is 5.78. The van der Waals surface area contributed by atoms with Crippen LogP contribution in [0.2, 0.25) is 0 Å². The van der Waals surface area contributed by atoms with Crippen molar-refractivity contribution in [1.82, 2.24) is 4.90 Å². The van der Waals surface area contributed by atoms with Crippen LogP contribution in [0.15, 0.2) is 30.3 Å². The van der Waals surface area contributed by atoms with E-state index in [0.29, 0.717) is 12.1 Å². The van der Waals surface area contributed by atoms with Crippen LogP contribution in [0.3, 0.4) is 0 Å². The molecule has 2 aliphatic carbocycles. The van der Waals surface area contributed by atoms with E-state index in [1.54, 1.807) is 0 Å². The summed E-state index contributed by atoms with van der Waals surface area (Å²) in [6.07, 6.45) is 12.4. The van der Waals surface area contributed by atoms with Crippen molar-refractivity contribution in [3.05, 3.63) is 30.3 Å². The minimum absolute atomic E-state index is 0.178. The Kier molecular flexibility index (Phi) is 5.95. The van der Waals surface area contributed by atoms with Gasteiger partial charge in [0.15, 0.2) is 6.61 Å². The number of para-hydroxylation sites is 1. The molecule has 0 radical (unpaired) electrons. The van der Waals surface area contributed by atoms with Gasteiger partial charge in [-0.3, -0.25) is 4.79 Å². The van der Waals surface area contributed by atoms with Gasteiger partial charge in [0.05, 0.1) is 0 Å². The van der Waals surface area contributed by atoms with Crippen molar-refractivity contribution in [2.45, 2.75) is 76.3 Å². The molecule has 2 saturated carbocycles. The predicted octanol–water partition coefficient (Wildman–Crippen LogP) is 4.56. The standard InChI is InChI=1S/C20H29NO2/c22-20(16-23-19-14-8-3-9-15-19)21(17-10-4-1-5-11-17)18-12-6-2-7-13-18/h3,8-9,14-15,17-18H,1-2,4-7,10-13,16H2. The van der Waals surface area contributed by atoms with Crippen LogP contribution in [-0.2, 0) is 4.79 Å². The minimum Gasteiger partial charge on any atom is -0.484 e. The van der Waals surface area contributed by atoms with Gasteiger partial charge in [-0.15, -0.1) is 0 Å². The highest BCUT2D eigenvalue weighted by Gasteiger charge is 2.32. The number of hydrogen-bond acceptors (Lipinski definition) is 2. The van der Waals surface area contributed by atoms with Gasteiger partial charge in [0.2, 0.25) is 0 Å². The lowest BCUT2D eigenvalue weighted by molar-refractivity contribution is -0.140. The van der Waals surface area contributed by atoms with E-state index in [1.807, 2.05) is 30.3 Å². The minimum atomic E-state index is 0.178. The van der Waals surface area contributed by atoms with Crippen molar-refractivity contribution in [3.8, 4) is 5.75 Å². The summed E-state index contributed by atoms with van der Waals surface area (Å²) in [6, 6.07) is 10.6. The van der Waals surface area contributed by atoms with Crippen LogP contribution in [0.4, 0.5) is 0 Å². The van der Waals surface area contributed by atoms with Crippen molar-refractivity contribution in [2.75, 3.05) is 6.61 Å². The smallest absolute Gasteiger partial charge is 0.261 e. The second kappa shape index (κ2) is 8.37. The molecule has 1 amide bonds. The zero-order chi connectivity index (χ0) is 15.9. The largest absolute Gasteiger partial charge is 0.484 e. The number of carbonyl (C=O) groups excluding carboxylic acids is 1. The third-order valence-electron chi connectivity index (χ3n) is 5.33. The Morgan fingerprint density at radius 2 is 1.39 bits per heavy atom. The molecule has 1 aromatic rings. The summed E-state index contributed by atoms with van der Waals surface area (Å²) in [5.74, 6) is 0.973. The van der Waals surface area contributed by atoms with Gasteiger partial charge in [0.1, 0.15) is 5.75 Å². The van der Waals surface area contributed by atoms with Crippen LogP contribution < -0.4 is 4.74 Å². The van der Waals surface area contributed by atoms with Crippen molar-refractivity contribution < 1.29 is 9.53 Å². The van der Waals surface area contributed by atoms with E-state index in [0.717, 1.165) is 5.75 Å². The highest BCUT2D eigenvalue weighted by Crippen LogP contribution is 2.30. The number of hydrogen-bond donors (Lipinski definition) is 0. The fraction of sp³-hybridized carbons (Fsp3) is 0.650. The summed E-state index contributed by atoms with van der Waals surface area (Å²) in [7, 11) is 0. The third kappa shape index (κ3) is 4.49. The average Bonchev–Trinajstić information content (AvgIpc) is 2.63. The number of ether oxygens (including phenoxy) is 1. The van der Waals surface area contributed by atoms with Gasteiger partial charge in [0, 0.05) is 12.1 Å². The van der Waals surface area contributed by atoms with E-state index in [1.165, 1.54) is 64.2 Å². The molecular weight excluding hydrogens is 286 g/mol. The van der Waals surface area contributed by atoms with Crippen LogP contribution in [-0.4, -0.2) is 29.5 Å². The maximum atomic E-state index is 12.9. The molecule has 0 atom stereocenters. The molecule has 0 unspecified atom stereocenters. The zero-order valence-electron chi connectivity index (χ0n) is 14.1. The summed E-state index contributed by atoms with van der Waals surface area (Å²) in [5, 5.41) is 0. The summed E-state index contributed by atoms with van der Waals surface area (Å²) >= 11 is 0. The number of benzene rings is 1. The molecule has 23 heavy (non-hydrogen) atoms. The molecule has 3 heteroatoms. The molecule has 0 heterocycles. The molecule has 0 aliphatic heterocycles. The maximum absolute atomic E-state index is 12.9. The van der Waals surface area contributed by atoms with Gasteiger partial charge in [-0.25, -0.2) is 0 Å². The van der Waals surface area contributed by atoms with Gasteiger partial charge in [-0.2, -0.15) is 0 Å². The van der Waals surface area contributed by atoms with Crippen molar-refractivity contribution in [2.24, 2.45) is 0 Å². The van der Waals surface area contributed by atoms with Crippen LogP contribution in [0.25, 0.3) is 0 Å². The molecule has 0 aromatic heterocycles. The zero-order valence-corrected chi connectivity index (χ0v) is 14.1. The van der Waals surface area contributed by atoms with Gasteiger partial charge in [-0.1, -0.05) is 56.7 Å². The Bertz CT molecular complexity index is 458. The molecule has 0 bridgehead atoms. The first-order valence-electron chi connectivity index (χ1n) is 9.33. The van der Waals surface area contributed by atoms with Crippen LogP contribution in [0, 0.1) is 0 Å². The Morgan fingerprint density at radius 1 is 0.870 bits per heavy atom. The summed E-state index contributed by atoms with van der Waals surface area (Å²) < 4.78 is 5.74. The fourth-order valence-corrected chi connectivity index (χ4v) is 4.16. The number of nitrogens with zero attached hydrogens (tertiary/aromatic N) is 1. The number of amides is 1. The summed E-state index contributed by atoms with van der Waals surface area (Å²) in [5.41, 5.74) is 0. The normalized spacial score (nSPS) is 20.2. The van der Waals surface area contributed by atoms with Crippen molar-refractivity contribution in [3.63, 3.8) is 0 Å². The first-order chi connectivity index (χ1) is 11.3. The lowest BCUT2D eigenvalue weighted by Crippen LogP contribution is -2.50. The van der Waals surface area contributed by atoms with Gasteiger partial charge in [-0.05, 0) is 37.8 Å². The molecule has 0 spiro atoms. The maximum Gasteiger partial charge on any atom is 0.261 e. The Balaban J connectivity index is 1.64. The number of rotatable bonds is 5. The Morgan fingerprint density at radius 3 is 1.91 bits per heavy atom. The summed E-state index contributed by atoms with van der Waals surface area (Å²) in [6.45, 7) is 0.178. The molecule has 3 nitrogen and oxygen atoms in total. The lowest BCUT2D eigenvalue weighted by atomic mass is 9.88. The summed E-state index contributed by atoms with van der Waals surface area (Å²) in [4.78, 5) is 15.1. The molecule has 1 aromatic carbocycles. The molecule has 3 rings (SSSR count).